The predicted molar refractivity (Wildman–Crippen MR) is 268 cm³/mol. The molecule has 0 amide bonds. The first-order chi connectivity index (χ1) is 32.7. The summed E-state index contributed by atoms with van der Waals surface area (Å²) in [6.07, 6.45) is 4.17. The van der Waals surface area contributed by atoms with Crippen molar-refractivity contribution in [2.24, 2.45) is 0 Å². The minimum absolute atomic E-state index is 0.666. The van der Waals surface area contributed by atoms with Crippen molar-refractivity contribution < 1.29 is 0 Å². The Morgan fingerprint density at radius 1 is 0.242 bits per heavy atom. The molecular weight excluding hydrogens is 805 g/mol. The van der Waals surface area contributed by atoms with E-state index in [2.05, 4.69) is 209 Å². The van der Waals surface area contributed by atoms with Crippen LogP contribution >= 0.6 is 0 Å². The van der Waals surface area contributed by atoms with Gasteiger partial charge in [0.25, 0.3) is 0 Å². The van der Waals surface area contributed by atoms with Crippen molar-refractivity contribution >= 4 is 11.3 Å². The third-order valence-electron chi connectivity index (χ3n) is 12.3. The van der Waals surface area contributed by atoms with Gasteiger partial charge >= 0.3 is 0 Å². The van der Waals surface area contributed by atoms with Gasteiger partial charge in [-0.15, -0.1) is 0 Å². The van der Waals surface area contributed by atoms with Crippen LogP contribution in [0.4, 0.5) is 0 Å². The molecule has 6 nitrogen and oxygen atoms in total. The van der Waals surface area contributed by atoms with Gasteiger partial charge in [-0.2, -0.15) is 0 Å². The summed E-state index contributed by atoms with van der Waals surface area (Å²) < 4.78 is 4.35. The number of benzene rings is 7. The molecule has 5 heterocycles. The second-order valence-corrected chi connectivity index (χ2v) is 16.3. The van der Waals surface area contributed by atoms with E-state index in [1.807, 2.05) is 42.5 Å². The number of aromatic nitrogens is 6. The molecule has 0 aliphatic rings. The summed E-state index contributed by atoms with van der Waals surface area (Å²) in [4.78, 5) is 20.6. The van der Waals surface area contributed by atoms with Gasteiger partial charge in [-0.1, -0.05) is 200 Å². The van der Waals surface area contributed by atoms with E-state index in [0.29, 0.717) is 5.82 Å². The first kappa shape index (κ1) is 38.7. The Morgan fingerprint density at radius 2 is 0.561 bits per heavy atom. The molecule has 12 rings (SSSR count). The quantitative estimate of drug-likeness (QED) is 0.145. The van der Waals surface area contributed by atoms with Crippen molar-refractivity contribution in [3.8, 4) is 101 Å². The average molecular weight is 845 g/mol. The van der Waals surface area contributed by atoms with Crippen molar-refractivity contribution in [3.05, 3.63) is 243 Å². The lowest BCUT2D eigenvalue weighted by Crippen LogP contribution is -1.96. The smallest absolute Gasteiger partial charge is 0.160 e. The molecule has 0 N–H and O–H groups in total. The number of hydrogen-bond donors (Lipinski definition) is 0. The fourth-order valence-electron chi connectivity index (χ4n) is 8.91. The van der Waals surface area contributed by atoms with Crippen molar-refractivity contribution in [3.63, 3.8) is 0 Å². The zero-order chi connectivity index (χ0) is 43.8. The van der Waals surface area contributed by atoms with E-state index in [1.54, 1.807) is 0 Å². The summed E-state index contributed by atoms with van der Waals surface area (Å²) in [5.41, 5.74) is 19.3. The molecule has 0 atom stereocenters. The van der Waals surface area contributed by atoms with Crippen molar-refractivity contribution in [2.45, 2.75) is 0 Å². The number of pyridine rings is 2. The van der Waals surface area contributed by atoms with Gasteiger partial charge in [0.2, 0.25) is 0 Å². The molecule has 0 fully saturated rings. The Morgan fingerprint density at radius 3 is 0.970 bits per heavy atom. The van der Waals surface area contributed by atoms with Crippen LogP contribution in [0.2, 0.25) is 0 Å². The molecule has 0 aliphatic heterocycles. The third kappa shape index (κ3) is 7.22. The van der Waals surface area contributed by atoms with Gasteiger partial charge in [0.1, 0.15) is 11.3 Å². The van der Waals surface area contributed by atoms with Crippen LogP contribution in [-0.2, 0) is 0 Å². The van der Waals surface area contributed by atoms with Crippen molar-refractivity contribution in [1.82, 2.24) is 28.7 Å². The zero-order valence-electron chi connectivity index (χ0n) is 35.8. The first-order valence-corrected chi connectivity index (χ1v) is 22.1. The standard InChI is InChI=1S/C60H40N6/c1-4-14-41(15-5-1)43-22-34-49(35-23-43)58-56(63-54-20-10-12-38-65(54)58)47-30-26-45(27-31-47)52-40-53(62-60(61-52)51-18-8-3-9-19-51)46-28-32-48(33-29-46)57-59(66-39-13-11-21-55(66)64-57)50-36-24-44(25-37-50)42-16-6-2-7-17-42/h1-40H. The molecule has 0 saturated heterocycles. The molecule has 12 aromatic rings. The number of rotatable bonds is 9. The van der Waals surface area contributed by atoms with Crippen LogP contribution in [0.5, 0.6) is 0 Å². The lowest BCUT2D eigenvalue weighted by molar-refractivity contribution is 1.18. The molecule has 5 aromatic heterocycles. The SMILES string of the molecule is c1ccc(-c2ccc(-c3c(-c4ccc(-c5cc(-c6ccc(-c7nc8ccccn8c7-c7ccc(-c8ccccc8)cc7)cc6)nc(-c6ccccc6)n5)cc4)nc4ccccn34)cc2)cc1. The number of imidazole rings is 2. The Labute approximate surface area is 382 Å². The first-order valence-electron chi connectivity index (χ1n) is 22.1. The Balaban J connectivity index is 0.897. The number of hydrogen-bond acceptors (Lipinski definition) is 4. The van der Waals surface area contributed by atoms with E-state index < -0.39 is 0 Å². The lowest BCUT2D eigenvalue weighted by Gasteiger charge is -2.11. The minimum atomic E-state index is 0.666. The number of fused-ring (bicyclic) bond motifs is 2. The van der Waals surface area contributed by atoms with Crippen LogP contribution < -0.4 is 0 Å². The molecule has 7 aromatic carbocycles. The topological polar surface area (TPSA) is 60.4 Å². The van der Waals surface area contributed by atoms with Gasteiger partial charge in [-0.05, 0) is 52.6 Å². The molecule has 6 heteroatoms. The molecule has 0 aliphatic carbocycles. The molecule has 0 radical (unpaired) electrons. The Bertz CT molecular complexity index is 3410. The normalized spacial score (nSPS) is 11.3. The van der Waals surface area contributed by atoms with Gasteiger partial charge < -0.3 is 0 Å². The Kier molecular flexibility index (Phi) is 9.73. The molecule has 66 heavy (non-hydrogen) atoms. The molecule has 0 saturated carbocycles. The highest BCUT2D eigenvalue weighted by Gasteiger charge is 2.19. The van der Waals surface area contributed by atoms with E-state index >= 15 is 0 Å². The van der Waals surface area contributed by atoms with E-state index in [1.165, 1.54) is 22.3 Å². The van der Waals surface area contributed by atoms with Crippen LogP contribution in [0, 0.1) is 0 Å². The highest BCUT2D eigenvalue weighted by molar-refractivity contribution is 5.86. The maximum absolute atomic E-state index is 5.16. The molecule has 0 unspecified atom stereocenters. The van der Waals surface area contributed by atoms with Gasteiger partial charge in [-0.25, -0.2) is 19.9 Å². The van der Waals surface area contributed by atoms with Crippen LogP contribution in [0.3, 0.4) is 0 Å². The maximum atomic E-state index is 5.16. The highest BCUT2D eigenvalue weighted by atomic mass is 15.0. The lowest BCUT2D eigenvalue weighted by atomic mass is 9.99. The van der Waals surface area contributed by atoms with Gasteiger partial charge in [-0.3, -0.25) is 8.80 Å². The van der Waals surface area contributed by atoms with Crippen LogP contribution in [0.15, 0.2) is 243 Å². The monoisotopic (exact) mass is 844 g/mol. The van der Waals surface area contributed by atoms with Crippen LogP contribution in [-0.4, -0.2) is 28.7 Å². The summed E-state index contributed by atoms with van der Waals surface area (Å²) in [7, 11) is 0. The van der Waals surface area contributed by atoms with Gasteiger partial charge in [0, 0.05) is 51.3 Å². The van der Waals surface area contributed by atoms with E-state index in [9.17, 15) is 0 Å². The minimum Gasteiger partial charge on any atom is -0.299 e. The fraction of sp³-hybridized carbons (Fsp3) is 0. The van der Waals surface area contributed by atoms with E-state index in [0.717, 1.165) is 84.4 Å². The van der Waals surface area contributed by atoms with Crippen molar-refractivity contribution in [1.29, 1.82) is 0 Å². The molecular formula is C60H40N6. The van der Waals surface area contributed by atoms with E-state index in [4.69, 9.17) is 19.9 Å². The fourth-order valence-corrected chi connectivity index (χ4v) is 8.91. The second kappa shape index (κ2) is 16.6. The predicted octanol–water partition coefficient (Wildman–Crippen LogP) is 14.8. The van der Waals surface area contributed by atoms with Crippen LogP contribution in [0.25, 0.3) is 112 Å². The van der Waals surface area contributed by atoms with E-state index in [-0.39, 0.29) is 0 Å². The number of nitrogens with zero attached hydrogens (tertiary/aromatic N) is 6. The van der Waals surface area contributed by atoms with Gasteiger partial charge in [0.15, 0.2) is 5.82 Å². The highest BCUT2D eigenvalue weighted by Crippen LogP contribution is 2.38. The summed E-state index contributed by atoms with van der Waals surface area (Å²) in [6.45, 7) is 0. The molecule has 0 bridgehead atoms. The summed E-state index contributed by atoms with van der Waals surface area (Å²) >= 11 is 0. The third-order valence-corrected chi connectivity index (χ3v) is 12.3. The summed E-state index contributed by atoms with van der Waals surface area (Å²) in [5.74, 6) is 0.666. The second-order valence-electron chi connectivity index (χ2n) is 16.3. The van der Waals surface area contributed by atoms with Crippen molar-refractivity contribution in [2.75, 3.05) is 0 Å². The Hall–Kier alpha value is -9.00. The summed E-state index contributed by atoms with van der Waals surface area (Å²) in [5, 5.41) is 0. The van der Waals surface area contributed by atoms with Crippen LogP contribution in [0.1, 0.15) is 0 Å². The zero-order valence-corrected chi connectivity index (χ0v) is 35.8. The average Bonchev–Trinajstić information content (AvgIpc) is 3.99. The summed E-state index contributed by atoms with van der Waals surface area (Å²) in [6, 6.07) is 80.2. The molecule has 0 spiro atoms. The molecule has 310 valence electrons. The maximum Gasteiger partial charge on any atom is 0.160 e. The van der Waals surface area contributed by atoms with Gasteiger partial charge in [0.05, 0.1) is 34.2 Å². The largest absolute Gasteiger partial charge is 0.299 e.